The van der Waals surface area contributed by atoms with E-state index in [1.54, 1.807) is 12.1 Å². The lowest BCUT2D eigenvalue weighted by atomic mass is 9.93. The summed E-state index contributed by atoms with van der Waals surface area (Å²) in [4.78, 5) is 25.3. The molecule has 1 aromatic heterocycles. The first-order valence-electron chi connectivity index (χ1n) is 10.6. The standard InChI is InChI=1S/C25H23Cl2N3O3/c1-14-6-8-16(9-7-14)13-28-25(32)23-15(2)22-20(4-3-5-21(22)33-23)29-30-24(31)18-11-10-17(26)12-19(18)27/h6-12H,3-5,13H2,1-2H3,(H,28,32)(H,30,31)/b29-20+. The highest BCUT2D eigenvalue weighted by atomic mass is 35.5. The molecule has 4 rings (SSSR count). The molecule has 170 valence electrons. The minimum absolute atomic E-state index is 0.247. The normalized spacial score (nSPS) is 14.1. The molecule has 0 spiro atoms. The van der Waals surface area contributed by atoms with E-state index in [-0.39, 0.29) is 22.3 Å². The molecule has 2 aromatic carbocycles. The van der Waals surface area contributed by atoms with E-state index in [0.717, 1.165) is 23.1 Å². The summed E-state index contributed by atoms with van der Waals surface area (Å²) in [5, 5.41) is 7.94. The summed E-state index contributed by atoms with van der Waals surface area (Å²) in [6, 6.07) is 12.6. The Bertz CT molecular complexity index is 1250. The minimum atomic E-state index is -0.437. The van der Waals surface area contributed by atoms with Gasteiger partial charge in [-0.15, -0.1) is 0 Å². The fourth-order valence-corrected chi connectivity index (χ4v) is 4.31. The third kappa shape index (κ3) is 5.13. The Labute approximate surface area is 202 Å². The van der Waals surface area contributed by atoms with Crippen LogP contribution in [0.2, 0.25) is 10.0 Å². The molecule has 0 atom stereocenters. The van der Waals surface area contributed by atoms with Gasteiger partial charge < -0.3 is 9.73 Å². The fourth-order valence-electron chi connectivity index (χ4n) is 3.82. The Morgan fingerprint density at radius 2 is 1.79 bits per heavy atom. The predicted molar refractivity (Wildman–Crippen MR) is 129 cm³/mol. The highest BCUT2D eigenvalue weighted by molar-refractivity contribution is 6.36. The molecular weight excluding hydrogens is 461 g/mol. The van der Waals surface area contributed by atoms with Gasteiger partial charge in [-0.1, -0.05) is 53.0 Å². The van der Waals surface area contributed by atoms with Crippen LogP contribution in [0.25, 0.3) is 0 Å². The van der Waals surface area contributed by atoms with Crippen LogP contribution >= 0.6 is 23.2 Å². The van der Waals surface area contributed by atoms with Crippen molar-refractivity contribution in [2.24, 2.45) is 5.10 Å². The number of carbonyl (C=O) groups excluding carboxylic acids is 2. The van der Waals surface area contributed by atoms with Crippen LogP contribution in [0.5, 0.6) is 0 Å². The Balaban J connectivity index is 1.51. The van der Waals surface area contributed by atoms with Gasteiger partial charge in [-0.2, -0.15) is 5.10 Å². The first-order chi connectivity index (χ1) is 15.8. The van der Waals surface area contributed by atoms with Crippen molar-refractivity contribution in [2.45, 2.75) is 39.7 Å². The molecule has 2 N–H and O–H groups in total. The molecule has 0 saturated heterocycles. The number of amides is 2. The zero-order chi connectivity index (χ0) is 23.5. The number of hydrogen-bond donors (Lipinski definition) is 2. The number of furan rings is 1. The summed E-state index contributed by atoms with van der Waals surface area (Å²) in [5.74, 6) is 0.262. The lowest BCUT2D eigenvalue weighted by molar-refractivity contribution is 0.0919. The van der Waals surface area contributed by atoms with Crippen molar-refractivity contribution in [1.82, 2.24) is 10.7 Å². The number of nitrogens with zero attached hydrogens (tertiary/aromatic N) is 1. The van der Waals surface area contributed by atoms with Crippen LogP contribution in [0.1, 0.15) is 61.8 Å². The molecule has 0 unspecified atom stereocenters. The van der Waals surface area contributed by atoms with E-state index in [4.69, 9.17) is 27.6 Å². The third-order valence-electron chi connectivity index (χ3n) is 5.57. The third-order valence-corrected chi connectivity index (χ3v) is 6.12. The van der Waals surface area contributed by atoms with Gasteiger partial charge >= 0.3 is 0 Å². The van der Waals surface area contributed by atoms with Crippen molar-refractivity contribution < 1.29 is 14.0 Å². The SMILES string of the molecule is Cc1ccc(CNC(=O)c2oc3c(c2C)/C(=N/NC(=O)c2ccc(Cl)cc2Cl)CCC3)cc1. The summed E-state index contributed by atoms with van der Waals surface area (Å²) in [7, 11) is 0. The number of carbonyl (C=O) groups is 2. The van der Waals surface area contributed by atoms with E-state index in [9.17, 15) is 9.59 Å². The first kappa shape index (κ1) is 23.1. The van der Waals surface area contributed by atoms with E-state index in [2.05, 4.69) is 15.8 Å². The maximum Gasteiger partial charge on any atom is 0.287 e. The summed E-state index contributed by atoms with van der Waals surface area (Å²) < 4.78 is 5.92. The van der Waals surface area contributed by atoms with Gasteiger partial charge in [0, 0.05) is 29.1 Å². The molecule has 0 radical (unpaired) electrons. The van der Waals surface area contributed by atoms with E-state index < -0.39 is 5.91 Å². The summed E-state index contributed by atoms with van der Waals surface area (Å²) in [5.41, 5.74) is 7.19. The molecule has 0 aliphatic heterocycles. The van der Waals surface area contributed by atoms with Crippen LogP contribution in [0.15, 0.2) is 52.0 Å². The molecular formula is C25H23Cl2N3O3. The average molecular weight is 484 g/mol. The first-order valence-corrected chi connectivity index (χ1v) is 11.4. The number of aryl methyl sites for hydroxylation is 2. The van der Waals surface area contributed by atoms with Crippen molar-refractivity contribution in [3.63, 3.8) is 0 Å². The maximum atomic E-state index is 12.8. The molecule has 2 amide bonds. The zero-order valence-corrected chi connectivity index (χ0v) is 19.8. The number of benzene rings is 2. The number of nitrogens with one attached hydrogen (secondary N) is 2. The molecule has 0 bridgehead atoms. The highest BCUT2D eigenvalue weighted by Crippen LogP contribution is 2.30. The summed E-state index contributed by atoms with van der Waals surface area (Å²) in [6.07, 6.45) is 2.17. The van der Waals surface area contributed by atoms with Gasteiger partial charge in [-0.25, -0.2) is 5.43 Å². The molecule has 8 heteroatoms. The van der Waals surface area contributed by atoms with E-state index in [1.807, 2.05) is 38.1 Å². The molecule has 1 aliphatic carbocycles. The van der Waals surface area contributed by atoms with Crippen molar-refractivity contribution in [3.8, 4) is 0 Å². The van der Waals surface area contributed by atoms with Crippen LogP contribution in [0.4, 0.5) is 0 Å². The summed E-state index contributed by atoms with van der Waals surface area (Å²) >= 11 is 12.0. The van der Waals surface area contributed by atoms with E-state index in [1.165, 1.54) is 6.07 Å². The molecule has 0 fully saturated rings. The second kappa shape index (κ2) is 9.81. The molecule has 33 heavy (non-hydrogen) atoms. The lowest BCUT2D eigenvalue weighted by Gasteiger charge is -2.13. The fraction of sp³-hybridized carbons (Fsp3) is 0.240. The molecule has 3 aromatic rings. The smallest absolute Gasteiger partial charge is 0.287 e. The maximum absolute atomic E-state index is 12.8. The van der Waals surface area contributed by atoms with Gasteiger partial charge in [0.15, 0.2) is 5.76 Å². The topological polar surface area (TPSA) is 83.7 Å². The number of halogens is 2. The van der Waals surface area contributed by atoms with Gasteiger partial charge in [0.05, 0.1) is 16.3 Å². The average Bonchev–Trinajstić information content (AvgIpc) is 3.14. The molecule has 6 nitrogen and oxygen atoms in total. The largest absolute Gasteiger partial charge is 0.455 e. The van der Waals surface area contributed by atoms with Crippen molar-refractivity contribution >= 4 is 40.7 Å². The van der Waals surface area contributed by atoms with E-state index >= 15 is 0 Å². The Morgan fingerprint density at radius 1 is 1.03 bits per heavy atom. The van der Waals surface area contributed by atoms with Crippen molar-refractivity contribution in [1.29, 1.82) is 0 Å². The molecule has 1 aliphatic rings. The number of rotatable bonds is 5. The molecule has 1 heterocycles. The van der Waals surface area contributed by atoms with Gasteiger partial charge in [0.25, 0.3) is 11.8 Å². The van der Waals surface area contributed by atoms with Gasteiger partial charge in [0.1, 0.15) is 5.76 Å². The number of hydrazone groups is 1. The van der Waals surface area contributed by atoms with E-state index in [0.29, 0.717) is 41.4 Å². The zero-order valence-electron chi connectivity index (χ0n) is 18.3. The molecule has 0 saturated carbocycles. The Hall–Kier alpha value is -3.09. The monoisotopic (exact) mass is 483 g/mol. The van der Waals surface area contributed by atoms with Crippen LogP contribution in [0, 0.1) is 13.8 Å². The number of hydrogen-bond acceptors (Lipinski definition) is 4. The van der Waals surface area contributed by atoms with Gasteiger partial charge in [-0.05, 0) is 50.5 Å². The number of fused-ring (bicyclic) bond motifs is 1. The second-order valence-electron chi connectivity index (χ2n) is 8.00. The lowest BCUT2D eigenvalue weighted by Crippen LogP contribution is -2.23. The van der Waals surface area contributed by atoms with Crippen LogP contribution in [-0.4, -0.2) is 17.5 Å². The summed E-state index contributed by atoms with van der Waals surface area (Å²) in [6.45, 7) is 4.26. The van der Waals surface area contributed by atoms with Crippen LogP contribution in [0.3, 0.4) is 0 Å². The Morgan fingerprint density at radius 3 is 2.52 bits per heavy atom. The van der Waals surface area contributed by atoms with Gasteiger partial charge in [-0.3, -0.25) is 9.59 Å². The predicted octanol–water partition coefficient (Wildman–Crippen LogP) is 5.60. The van der Waals surface area contributed by atoms with Crippen LogP contribution in [-0.2, 0) is 13.0 Å². The minimum Gasteiger partial charge on any atom is -0.455 e. The Kier molecular flexibility index (Phi) is 6.86. The van der Waals surface area contributed by atoms with Crippen LogP contribution < -0.4 is 10.7 Å². The van der Waals surface area contributed by atoms with Gasteiger partial charge in [0.2, 0.25) is 0 Å². The van der Waals surface area contributed by atoms with Crippen molar-refractivity contribution in [3.05, 3.63) is 91.8 Å². The highest BCUT2D eigenvalue weighted by Gasteiger charge is 2.28. The second-order valence-corrected chi connectivity index (χ2v) is 8.84. The quantitative estimate of drug-likeness (QED) is 0.463. The van der Waals surface area contributed by atoms with Crippen molar-refractivity contribution in [2.75, 3.05) is 0 Å².